The van der Waals surface area contributed by atoms with Crippen LogP contribution < -0.4 is 10.5 Å². The Hall–Kier alpha value is -2.15. The first kappa shape index (κ1) is 15.7. The Bertz CT molecular complexity index is 656. The monoisotopic (exact) mass is 318 g/mol. The summed E-state index contributed by atoms with van der Waals surface area (Å²) >= 11 is 0. The van der Waals surface area contributed by atoms with Crippen molar-refractivity contribution in [3.63, 3.8) is 0 Å². The highest BCUT2D eigenvalue weighted by atomic mass is 16.5. The van der Waals surface area contributed by atoms with E-state index in [-0.39, 0.29) is 6.23 Å². The minimum absolute atomic E-state index is 0.0765. The van der Waals surface area contributed by atoms with Gasteiger partial charge in [0.2, 0.25) is 5.82 Å². The first-order valence-electron chi connectivity index (χ1n) is 8.19. The van der Waals surface area contributed by atoms with Crippen LogP contribution in [0, 0.1) is 0 Å². The number of nitrogens with one attached hydrogen (secondary N) is 1. The van der Waals surface area contributed by atoms with Crippen LogP contribution in [0.2, 0.25) is 0 Å². The second-order valence-corrected chi connectivity index (χ2v) is 5.75. The third-order valence-corrected chi connectivity index (χ3v) is 4.09. The fraction of sp³-hybridized carbons (Fsp3) is 0.562. The van der Waals surface area contributed by atoms with E-state index >= 15 is 0 Å². The highest BCUT2D eigenvalue weighted by molar-refractivity contribution is 5.48. The number of hydrogen-bond donors (Lipinski definition) is 1. The zero-order chi connectivity index (χ0) is 16.1. The van der Waals surface area contributed by atoms with Crippen LogP contribution in [-0.4, -0.2) is 39.3 Å². The van der Waals surface area contributed by atoms with Crippen molar-refractivity contribution in [1.82, 2.24) is 20.0 Å². The molecule has 3 rings (SSSR count). The van der Waals surface area contributed by atoms with Gasteiger partial charge < -0.3 is 4.74 Å². The van der Waals surface area contributed by atoms with Gasteiger partial charge in [-0.3, -0.25) is 14.4 Å². The number of ether oxygens (including phenoxy) is 1. The second-order valence-electron chi connectivity index (χ2n) is 5.75. The lowest BCUT2D eigenvalue weighted by molar-refractivity contribution is 0.0244. The van der Waals surface area contributed by atoms with E-state index in [2.05, 4.69) is 31.5 Å². The van der Waals surface area contributed by atoms with Crippen molar-refractivity contribution in [2.45, 2.75) is 45.3 Å². The number of rotatable bonds is 5. The SMILES string of the molecule is CCC(Oc1ccc(-c2noc(=O)[nH]2)nc1)N1CCCCCC1. The number of aromatic nitrogens is 3. The van der Waals surface area contributed by atoms with E-state index < -0.39 is 5.76 Å². The van der Waals surface area contributed by atoms with Crippen molar-refractivity contribution in [3.8, 4) is 17.3 Å². The van der Waals surface area contributed by atoms with Gasteiger partial charge in [-0.1, -0.05) is 24.9 Å². The largest absolute Gasteiger partial charge is 0.474 e. The van der Waals surface area contributed by atoms with Crippen molar-refractivity contribution in [1.29, 1.82) is 0 Å². The molecule has 3 heterocycles. The number of aromatic amines is 1. The lowest BCUT2D eigenvalue weighted by Crippen LogP contribution is -2.39. The molecule has 1 N–H and O–H groups in total. The predicted octanol–water partition coefficient (Wildman–Crippen LogP) is 2.42. The van der Waals surface area contributed by atoms with E-state index in [1.807, 2.05) is 6.07 Å². The molecule has 124 valence electrons. The number of pyridine rings is 1. The minimum atomic E-state index is -0.589. The highest BCUT2D eigenvalue weighted by Crippen LogP contribution is 2.20. The first-order valence-corrected chi connectivity index (χ1v) is 8.19. The predicted molar refractivity (Wildman–Crippen MR) is 85.1 cm³/mol. The van der Waals surface area contributed by atoms with Gasteiger partial charge in [-0.15, -0.1) is 0 Å². The van der Waals surface area contributed by atoms with Gasteiger partial charge in [-0.05, 0) is 31.4 Å². The van der Waals surface area contributed by atoms with Crippen LogP contribution in [0.3, 0.4) is 0 Å². The van der Waals surface area contributed by atoms with Crippen LogP contribution in [0.25, 0.3) is 11.5 Å². The smallest absolute Gasteiger partial charge is 0.439 e. The zero-order valence-electron chi connectivity index (χ0n) is 13.3. The van der Waals surface area contributed by atoms with E-state index in [1.54, 1.807) is 12.3 Å². The number of hydrogen-bond acceptors (Lipinski definition) is 6. The van der Waals surface area contributed by atoms with Gasteiger partial charge in [0.25, 0.3) is 0 Å². The topological polar surface area (TPSA) is 84.2 Å². The summed E-state index contributed by atoms with van der Waals surface area (Å²) < 4.78 is 10.6. The molecular weight excluding hydrogens is 296 g/mol. The summed E-state index contributed by atoms with van der Waals surface area (Å²) in [5, 5.41) is 3.62. The van der Waals surface area contributed by atoms with E-state index in [1.165, 1.54) is 25.7 Å². The van der Waals surface area contributed by atoms with Crippen LogP contribution in [0.15, 0.2) is 27.6 Å². The molecule has 1 fully saturated rings. The molecule has 0 aromatic carbocycles. The molecule has 2 aromatic rings. The fourth-order valence-corrected chi connectivity index (χ4v) is 2.89. The van der Waals surface area contributed by atoms with Crippen LogP contribution in [-0.2, 0) is 0 Å². The van der Waals surface area contributed by atoms with E-state index in [9.17, 15) is 4.79 Å². The molecule has 1 aliphatic heterocycles. The summed E-state index contributed by atoms with van der Waals surface area (Å²) in [6.45, 7) is 4.31. The molecule has 0 amide bonds. The van der Waals surface area contributed by atoms with Crippen LogP contribution in [0.5, 0.6) is 5.75 Å². The van der Waals surface area contributed by atoms with Crippen LogP contribution in [0.4, 0.5) is 0 Å². The van der Waals surface area contributed by atoms with Gasteiger partial charge in [0.05, 0.1) is 6.20 Å². The maximum absolute atomic E-state index is 11.0. The Morgan fingerprint density at radius 3 is 2.65 bits per heavy atom. The molecule has 0 radical (unpaired) electrons. The average Bonchev–Trinajstić information content (AvgIpc) is 2.84. The van der Waals surface area contributed by atoms with Gasteiger partial charge in [0.15, 0.2) is 6.23 Å². The quantitative estimate of drug-likeness (QED) is 0.911. The maximum Gasteiger partial charge on any atom is 0.439 e. The lowest BCUT2D eigenvalue weighted by atomic mass is 10.2. The standard InChI is InChI=1S/C16H22N4O3/c1-2-14(20-9-5-3-4-6-10-20)22-12-7-8-13(17-11-12)15-18-16(21)23-19-15/h7-8,11,14H,2-6,9-10H2,1H3,(H,18,19,21). The second kappa shape index (κ2) is 7.41. The fourth-order valence-electron chi connectivity index (χ4n) is 2.89. The Morgan fingerprint density at radius 2 is 2.09 bits per heavy atom. The summed E-state index contributed by atoms with van der Waals surface area (Å²) in [5.41, 5.74) is 0.547. The Labute approximate surface area is 134 Å². The van der Waals surface area contributed by atoms with Crippen molar-refractivity contribution >= 4 is 0 Å². The Morgan fingerprint density at radius 1 is 1.30 bits per heavy atom. The number of H-pyrrole nitrogens is 1. The normalized spacial score (nSPS) is 17.6. The average molecular weight is 318 g/mol. The molecule has 1 saturated heterocycles. The third-order valence-electron chi connectivity index (χ3n) is 4.09. The molecule has 1 aliphatic rings. The summed E-state index contributed by atoms with van der Waals surface area (Å²) in [4.78, 5) is 20.1. The molecule has 0 aliphatic carbocycles. The van der Waals surface area contributed by atoms with Gasteiger partial charge in [0, 0.05) is 13.1 Å². The van der Waals surface area contributed by atoms with E-state index in [0.29, 0.717) is 11.5 Å². The summed E-state index contributed by atoms with van der Waals surface area (Å²) in [6, 6.07) is 3.61. The van der Waals surface area contributed by atoms with Gasteiger partial charge in [0.1, 0.15) is 11.4 Å². The van der Waals surface area contributed by atoms with Crippen molar-refractivity contribution < 1.29 is 9.26 Å². The molecule has 1 atom stereocenters. The third kappa shape index (κ3) is 3.98. The summed E-state index contributed by atoms with van der Waals surface area (Å²) in [7, 11) is 0. The molecule has 2 aromatic heterocycles. The molecule has 1 unspecified atom stereocenters. The summed E-state index contributed by atoms with van der Waals surface area (Å²) in [5.74, 6) is 0.450. The molecule has 0 bridgehead atoms. The summed E-state index contributed by atoms with van der Waals surface area (Å²) in [6.07, 6.45) is 7.74. The zero-order valence-corrected chi connectivity index (χ0v) is 13.3. The molecule has 23 heavy (non-hydrogen) atoms. The van der Waals surface area contributed by atoms with Crippen molar-refractivity contribution in [2.24, 2.45) is 0 Å². The van der Waals surface area contributed by atoms with Crippen molar-refractivity contribution in [3.05, 3.63) is 28.9 Å². The van der Waals surface area contributed by atoms with E-state index in [0.717, 1.165) is 25.3 Å². The Balaban J connectivity index is 1.67. The van der Waals surface area contributed by atoms with Gasteiger partial charge in [-0.2, -0.15) is 0 Å². The minimum Gasteiger partial charge on any atom is -0.474 e. The molecule has 7 heteroatoms. The molecule has 0 spiro atoms. The molecule has 7 nitrogen and oxygen atoms in total. The van der Waals surface area contributed by atoms with Crippen LogP contribution in [0.1, 0.15) is 39.0 Å². The molecular formula is C16H22N4O3. The maximum atomic E-state index is 11.0. The number of likely N-dealkylation sites (tertiary alicyclic amines) is 1. The number of nitrogens with zero attached hydrogens (tertiary/aromatic N) is 3. The van der Waals surface area contributed by atoms with Gasteiger partial charge >= 0.3 is 5.76 Å². The highest BCUT2D eigenvalue weighted by Gasteiger charge is 2.19. The lowest BCUT2D eigenvalue weighted by Gasteiger charge is -2.30. The Kier molecular flexibility index (Phi) is 5.07. The van der Waals surface area contributed by atoms with Crippen molar-refractivity contribution in [2.75, 3.05) is 13.1 Å². The van der Waals surface area contributed by atoms with Gasteiger partial charge in [-0.25, -0.2) is 9.78 Å². The van der Waals surface area contributed by atoms with Crippen LogP contribution >= 0.6 is 0 Å². The van der Waals surface area contributed by atoms with E-state index in [4.69, 9.17) is 4.74 Å². The first-order chi connectivity index (χ1) is 11.3. The molecule has 0 saturated carbocycles.